The average molecular weight is 313 g/mol. The van der Waals surface area contributed by atoms with E-state index >= 15 is 0 Å². The van der Waals surface area contributed by atoms with Crippen molar-refractivity contribution in [2.45, 2.75) is 40.2 Å². The van der Waals surface area contributed by atoms with E-state index in [1.165, 1.54) is 5.56 Å². The van der Waals surface area contributed by atoms with Gasteiger partial charge in [-0.15, -0.1) is 0 Å². The maximum Gasteiger partial charge on any atom is 0.242 e. The second kappa shape index (κ2) is 6.78. The van der Waals surface area contributed by atoms with Crippen molar-refractivity contribution in [2.24, 2.45) is 0 Å². The Labute approximate surface area is 117 Å². The maximum absolute atomic E-state index is 11.8. The first kappa shape index (κ1) is 15.0. The molecule has 0 saturated carbocycles. The van der Waals surface area contributed by atoms with Gasteiger partial charge >= 0.3 is 0 Å². The molecule has 0 spiro atoms. The molecule has 0 aliphatic heterocycles. The first-order chi connectivity index (χ1) is 8.45. The number of halogens is 1. The number of rotatable bonds is 5. The first-order valence-electron chi connectivity index (χ1n) is 6.26. The summed E-state index contributed by atoms with van der Waals surface area (Å²) in [6, 6.07) is 3.91. The SMILES string of the molecule is CCCNC(=O)C(C)Nc1c(C)cc(C)cc1Br. The molecule has 4 heteroatoms. The number of hydrogen-bond acceptors (Lipinski definition) is 2. The normalized spacial score (nSPS) is 12.1. The van der Waals surface area contributed by atoms with Crippen LogP contribution in [0.4, 0.5) is 5.69 Å². The summed E-state index contributed by atoms with van der Waals surface area (Å²) < 4.78 is 0.996. The van der Waals surface area contributed by atoms with Gasteiger partial charge in [0, 0.05) is 11.0 Å². The van der Waals surface area contributed by atoms with Crippen LogP contribution < -0.4 is 10.6 Å². The van der Waals surface area contributed by atoms with Gasteiger partial charge in [-0.05, 0) is 60.3 Å². The van der Waals surface area contributed by atoms with Crippen molar-refractivity contribution in [1.82, 2.24) is 5.32 Å². The highest BCUT2D eigenvalue weighted by Gasteiger charge is 2.14. The number of amides is 1. The lowest BCUT2D eigenvalue weighted by Gasteiger charge is -2.18. The Balaban J connectivity index is 2.75. The quantitative estimate of drug-likeness (QED) is 0.875. The van der Waals surface area contributed by atoms with Gasteiger partial charge in [0.15, 0.2) is 0 Å². The van der Waals surface area contributed by atoms with Crippen LogP contribution in [0.2, 0.25) is 0 Å². The zero-order valence-corrected chi connectivity index (χ0v) is 13.0. The largest absolute Gasteiger partial charge is 0.373 e. The summed E-state index contributed by atoms with van der Waals surface area (Å²) >= 11 is 3.53. The first-order valence-corrected chi connectivity index (χ1v) is 7.06. The topological polar surface area (TPSA) is 41.1 Å². The number of nitrogens with one attached hydrogen (secondary N) is 2. The van der Waals surface area contributed by atoms with Gasteiger partial charge in [-0.2, -0.15) is 0 Å². The Hall–Kier alpha value is -1.03. The minimum absolute atomic E-state index is 0.0312. The number of carbonyl (C=O) groups is 1. The van der Waals surface area contributed by atoms with Gasteiger partial charge in [-0.3, -0.25) is 4.79 Å². The van der Waals surface area contributed by atoms with E-state index in [9.17, 15) is 4.79 Å². The third-order valence-corrected chi connectivity index (χ3v) is 3.36. The van der Waals surface area contributed by atoms with Crippen LogP contribution >= 0.6 is 15.9 Å². The van der Waals surface area contributed by atoms with Gasteiger partial charge in [0.25, 0.3) is 0 Å². The molecule has 0 aromatic heterocycles. The van der Waals surface area contributed by atoms with Gasteiger partial charge in [-0.25, -0.2) is 0 Å². The molecule has 0 bridgehead atoms. The number of hydrogen-bond donors (Lipinski definition) is 2. The summed E-state index contributed by atoms with van der Waals surface area (Å²) in [5.41, 5.74) is 3.32. The van der Waals surface area contributed by atoms with E-state index in [-0.39, 0.29) is 11.9 Å². The third-order valence-electron chi connectivity index (χ3n) is 2.74. The van der Waals surface area contributed by atoms with Crippen molar-refractivity contribution in [3.63, 3.8) is 0 Å². The molecule has 0 aliphatic rings. The van der Waals surface area contributed by atoms with Crippen LogP contribution in [0, 0.1) is 13.8 Å². The molecule has 1 aromatic carbocycles. The fourth-order valence-corrected chi connectivity index (χ4v) is 2.57. The van der Waals surface area contributed by atoms with Crippen molar-refractivity contribution >= 4 is 27.5 Å². The van der Waals surface area contributed by atoms with E-state index in [4.69, 9.17) is 0 Å². The Morgan fingerprint density at radius 3 is 2.61 bits per heavy atom. The highest BCUT2D eigenvalue weighted by Crippen LogP contribution is 2.28. The minimum atomic E-state index is -0.241. The molecule has 1 rings (SSSR count). The molecule has 1 aromatic rings. The molecule has 0 radical (unpaired) electrons. The average Bonchev–Trinajstić information content (AvgIpc) is 2.30. The van der Waals surface area contributed by atoms with Crippen LogP contribution in [0.1, 0.15) is 31.4 Å². The summed E-state index contributed by atoms with van der Waals surface area (Å²) in [5, 5.41) is 6.14. The molecule has 3 nitrogen and oxygen atoms in total. The van der Waals surface area contributed by atoms with E-state index in [2.05, 4.69) is 39.6 Å². The predicted molar refractivity (Wildman–Crippen MR) is 80.0 cm³/mol. The Morgan fingerprint density at radius 1 is 1.39 bits per heavy atom. The van der Waals surface area contributed by atoms with Crippen molar-refractivity contribution in [2.75, 3.05) is 11.9 Å². The Kier molecular flexibility index (Phi) is 5.66. The van der Waals surface area contributed by atoms with Crippen molar-refractivity contribution < 1.29 is 4.79 Å². The van der Waals surface area contributed by atoms with Crippen LogP contribution in [-0.2, 0) is 4.79 Å². The number of carbonyl (C=O) groups excluding carboxylic acids is 1. The van der Waals surface area contributed by atoms with Gasteiger partial charge in [-0.1, -0.05) is 13.0 Å². The molecule has 2 N–H and O–H groups in total. The van der Waals surface area contributed by atoms with E-state index in [1.807, 2.05) is 26.8 Å². The van der Waals surface area contributed by atoms with E-state index < -0.39 is 0 Å². The molecule has 100 valence electrons. The van der Waals surface area contributed by atoms with Crippen molar-refractivity contribution in [3.8, 4) is 0 Å². The second-order valence-electron chi connectivity index (χ2n) is 4.60. The summed E-state index contributed by atoms with van der Waals surface area (Å²) in [4.78, 5) is 11.8. The van der Waals surface area contributed by atoms with Crippen molar-refractivity contribution in [1.29, 1.82) is 0 Å². The predicted octanol–water partition coefficient (Wildman–Crippen LogP) is 3.39. The molecular weight excluding hydrogens is 292 g/mol. The second-order valence-corrected chi connectivity index (χ2v) is 5.45. The molecule has 1 atom stereocenters. The molecule has 0 heterocycles. The van der Waals surface area contributed by atoms with Crippen LogP contribution in [0.5, 0.6) is 0 Å². The lowest BCUT2D eigenvalue weighted by Crippen LogP contribution is -2.38. The third kappa shape index (κ3) is 4.02. The molecule has 18 heavy (non-hydrogen) atoms. The summed E-state index contributed by atoms with van der Waals surface area (Å²) in [7, 11) is 0. The van der Waals surface area contributed by atoms with Crippen LogP contribution in [0.15, 0.2) is 16.6 Å². The highest BCUT2D eigenvalue weighted by atomic mass is 79.9. The Morgan fingerprint density at radius 2 is 2.06 bits per heavy atom. The molecule has 1 unspecified atom stereocenters. The van der Waals surface area contributed by atoms with Crippen LogP contribution in [0.3, 0.4) is 0 Å². The molecular formula is C14H21BrN2O. The van der Waals surface area contributed by atoms with E-state index in [1.54, 1.807) is 0 Å². The van der Waals surface area contributed by atoms with Crippen molar-refractivity contribution in [3.05, 3.63) is 27.7 Å². The molecule has 0 aliphatic carbocycles. The van der Waals surface area contributed by atoms with Gasteiger partial charge in [0.05, 0.1) is 5.69 Å². The fourth-order valence-electron chi connectivity index (χ4n) is 1.78. The summed E-state index contributed by atoms with van der Waals surface area (Å²) in [6.45, 7) is 8.73. The number of benzene rings is 1. The molecule has 0 saturated heterocycles. The minimum Gasteiger partial charge on any atom is -0.373 e. The lowest BCUT2D eigenvalue weighted by molar-refractivity contribution is -0.121. The van der Waals surface area contributed by atoms with E-state index in [0.29, 0.717) is 0 Å². The summed E-state index contributed by atoms with van der Waals surface area (Å²) in [5.74, 6) is 0.0312. The fraction of sp³-hybridized carbons (Fsp3) is 0.500. The van der Waals surface area contributed by atoms with Crippen LogP contribution in [-0.4, -0.2) is 18.5 Å². The lowest BCUT2D eigenvalue weighted by atomic mass is 10.1. The smallest absolute Gasteiger partial charge is 0.242 e. The van der Waals surface area contributed by atoms with Crippen LogP contribution in [0.25, 0.3) is 0 Å². The highest BCUT2D eigenvalue weighted by molar-refractivity contribution is 9.10. The molecule has 0 fully saturated rings. The van der Waals surface area contributed by atoms with Gasteiger partial charge in [0.2, 0.25) is 5.91 Å². The van der Waals surface area contributed by atoms with Gasteiger partial charge in [0.1, 0.15) is 6.04 Å². The number of anilines is 1. The Bertz CT molecular complexity index is 409. The van der Waals surface area contributed by atoms with Gasteiger partial charge < -0.3 is 10.6 Å². The zero-order chi connectivity index (χ0) is 13.7. The van der Waals surface area contributed by atoms with E-state index in [0.717, 1.165) is 28.7 Å². The monoisotopic (exact) mass is 312 g/mol. The summed E-state index contributed by atoms with van der Waals surface area (Å²) in [6.07, 6.45) is 0.950. The standard InChI is InChI=1S/C14H21BrN2O/c1-5-6-16-14(18)11(4)17-13-10(3)7-9(2)8-12(13)15/h7-8,11,17H,5-6H2,1-4H3,(H,16,18). The zero-order valence-electron chi connectivity index (χ0n) is 11.4. The molecule has 1 amide bonds. The number of aryl methyl sites for hydroxylation is 2. The maximum atomic E-state index is 11.8.